The summed E-state index contributed by atoms with van der Waals surface area (Å²) in [6.45, 7) is 3.99. The first-order chi connectivity index (χ1) is 21.7. The van der Waals surface area contributed by atoms with Crippen molar-refractivity contribution < 1.29 is 22.7 Å². The van der Waals surface area contributed by atoms with Gasteiger partial charge in [-0.1, -0.05) is 91.7 Å². The second-order valence-electron chi connectivity index (χ2n) is 10.9. The van der Waals surface area contributed by atoms with Gasteiger partial charge in [0.2, 0.25) is 11.8 Å². The van der Waals surface area contributed by atoms with Crippen LogP contribution in [0.1, 0.15) is 36.5 Å². The van der Waals surface area contributed by atoms with Crippen molar-refractivity contribution in [2.75, 3.05) is 24.5 Å². The third-order valence-electron chi connectivity index (χ3n) is 7.52. The number of hydrogen-bond donors (Lipinski definition) is 1. The molecule has 0 radical (unpaired) electrons. The second-order valence-corrected chi connectivity index (χ2v) is 12.7. The Morgan fingerprint density at radius 3 is 2.13 bits per heavy atom. The number of carbonyl (C=O) groups is 2. The fourth-order valence-corrected chi connectivity index (χ4v) is 6.42. The molecule has 1 atom stereocenters. The number of carbonyl (C=O) groups excluding carboxylic acids is 2. The van der Waals surface area contributed by atoms with Gasteiger partial charge in [0, 0.05) is 19.5 Å². The van der Waals surface area contributed by atoms with Gasteiger partial charge in [0.25, 0.3) is 10.0 Å². The van der Waals surface area contributed by atoms with Crippen LogP contribution in [0.25, 0.3) is 0 Å². The number of amides is 2. The van der Waals surface area contributed by atoms with Crippen LogP contribution in [-0.2, 0) is 32.6 Å². The summed E-state index contributed by atoms with van der Waals surface area (Å²) >= 11 is 0. The molecule has 8 nitrogen and oxygen atoms in total. The smallest absolute Gasteiger partial charge is 0.264 e. The molecule has 4 aromatic carbocycles. The van der Waals surface area contributed by atoms with Crippen LogP contribution in [0.4, 0.5) is 5.69 Å². The molecule has 0 spiro atoms. The van der Waals surface area contributed by atoms with E-state index in [2.05, 4.69) is 5.32 Å². The van der Waals surface area contributed by atoms with Crippen LogP contribution < -0.4 is 14.4 Å². The van der Waals surface area contributed by atoms with Crippen LogP contribution in [0.5, 0.6) is 5.75 Å². The Labute approximate surface area is 266 Å². The number of anilines is 1. The van der Waals surface area contributed by atoms with Crippen molar-refractivity contribution in [2.45, 2.75) is 50.6 Å². The summed E-state index contributed by atoms with van der Waals surface area (Å²) in [6, 6.07) is 30.9. The van der Waals surface area contributed by atoms with E-state index in [4.69, 9.17) is 4.74 Å². The maximum absolute atomic E-state index is 14.5. The zero-order chi connectivity index (χ0) is 32.2. The fourth-order valence-electron chi connectivity index (χ4n) is 4.99. The van der Waals surface area contributed by atoms with Gasteiger partial charge in [0.05, 0.1) is 17.7 Å². The van der Waals surface area contributed by atoms with Crippen LogP contribution in [0.15, 0.2) is 114 Å². The van der Waals surface area contributed by atoms with Gasteiger partial charge in [-0.2, -0.15) is 0 Å². The largest absolute Gasteiger partial charge is 0.497 e. The molecule has 4 aromatic rings. The summed E-state index contributed by atoms with van der Waals surface area (Å²) in [5, 5.41) is 3.01. The number of unbranched alkanes of at least 4 members (excludes halogenated alkanes) is 1. The van der Waals surface area contributed by atoms with E-state index in [0.29, 0.717) is 18.0 Å². The van der Waals surface area contributed by atoms with E-state index in [0.717, 1.165) is 33.8 Å². The normalized spacial score (nSPS) is 11.8. The van der Waals surface area contributed by atoms with Gasteiger partial charge in [-0.3, -0.25) is 13.9 Å². The van der Waals surface area contributed by atoms with Crippen molar-refractivity contribution in [1.29, 1.82) is 0 Å². The lowest BCUT2D eigenvalue weighted by atomic mass is 10.0. The van der Waals surface area contributed by atoms with Crippen molar-refractivity contribution in [2.24, 2.45) is 0 Å². The van der Waals surface area contributed by atoms with Crippen LogP contribution in [0, 0.1) is 6.92 Å². The predicted molar refractivity (Wildman–Crippen MR) is 178 cm³/mol. The molecule has 0 aliphatic heterocycles. The highest BCUT2D eigenvalue weighted by Crippen LogP contribution is 2.26. The molecule has 2 amide bonds. The summed E-state index contributed by atoms with van der Waals surface area (Å²) in [5.41, 5.74) is 2.93. The summed E-state index contributed by atoms with van der Waals surface area (Å²) in [7, 11) is -2.57. The van der Waals surface area contributed by atoms with Crippen molar-refractivity contribution in [3.63, 3.8) is 0 Å². The standard InChI is InChI=1S/C36H41N3O5S/c1-4-5-23-37-36(41)34(25-29-13-8-6-9-14-29)38(26-30-15-12-16-32(24-30)44-3)35(40)27-39(31-21-19-28(2)20-22-31)45(42,43)33-17-10-7-11-18-33/h6-22,24,34H,4-5,23,25-27H2,1-3H3,(H,37,41)/t34-/m0/s1. The Hall–Kier alpha value is -4.63. The van der Waals surface area contributed by atoms with Crippen molar-refractivity contribution in [3.05, 3.63) is 126 Å². The Morgan fingerprint density at radius 2 is 1.49 bits per heavy atom. The molecular weight excluding hydrogens is 586 g/mol. The Kier molecular flexibility index (Phi) is 11.8. The molecule has 0 bridgehead atoms. The summed E-state index contributed by atoms with van der Waals surface area (Å²) < 4.78 is 34.6. The van der Waals surface area contributed by atoms with Crippen LogP contribution >= 0.6 is 0 Å². The first kappa shape index (κ1) is 33.3. The molecule has 4 rings (SSSR count). The van der Waals surface area contributed by atoms with Crippen LogP contribution in [0.3, 0.4) is 0 Å². The molecule has 0 saturated heterocycles. The molecule has 236 valence electrons. The average molecular weight is 628 g/mol. The van der Waals surface area contributed by atoms with E-state index in [1.54, 1.807) is 55.6 Å². The van der Waals surface area contributed by atoms with Crippen molar-refractivity contribution >= 4 is 27.5 Å². The Balaban J connectivity index is 1.79. The monoisotopic (exact) mass is 627 g/mol. The molecule has 0 aliphatic carbocycles. The van der Waals surface area contributed by atoms with Gasteiger partial charge >= 0.3 is 0 Å². The van der Waals surface area contributed by atoms with Gasteiger partial charge in [0.1, 0.15) is 18.3 Å². The third-order valence-corrected chi connectivity index (χ3v) is 9.31. The predicted octanol–water partition coefficient (Wildman–Crippen LogP) is 5.76. The number of nitrogens with one attached hydrogen (secondary N) is 1. The number of sulfonamides is 1. The lowest BCUT2D eigenvalue weighted by molar-refractivity contribution is -0.140. The van der Waals surface area contributed by atoms with E-state index in [1.807, 2.05) is 62.4 Å². The van der Waals surface area contributed by atoms with Crippen LogP contribution in [0.2, 0.25) is 0 Å². The van der Waals surface area contributed by atoms with E-state index < -0.39 is 28.5 Å². The zero-order valence-electron chi connectivity index (χ0n) is 26.1. The SMILES string of the molecule is CCCCNC(=O)[C@H](Cc1ccccc1)N(Cc1cccc(OC)c1)C(=O)CN(c1ccc(C)cc1)S(=O)(=O)c1ccccc1. The van der Waals surface area contributed by atoms with Crippen LogP contribution in [-0.4, -0.2) is 51.4 Å². The number of aryl methyl sites for hydroxylation is 1. The lowest BCUT2D eigenvalue weighted by Crippen LogP contribution is -2.53. The number of methoxy groups -OCH3 is 1. The molecule has 0 saturated carbocycles. The van der Waals surface area contributed by atoms with E-state index >= 15 is 0 Å². The van der Waals surface area contributed by atoms with Gasteiger partial charge in [0.15, 0.2) is 0 Å². The van der Waals surface area contributed by atoms with Crippen molar-refractivity contribution in [1.82, 2.24) is 10.2 Å². The third kappa shape index (κ3) is 8.95. The quantitative estimate of drug-likeness (QED) is 0.169. The van der Waals surface area contributed by atoms with Gasteiger partial charge < -0.3 is 15.0 Å². The molecular formula is C36H41N3O5S. The summed E-state index contributed by atoms with van der Waals surface area (Å²) in [4.78, 5) is 29.9. The second kappa shape index (κ2) is 15.9. The molecule has 0 aliphatic rings. The molecule has 45 heavy (non-hydrogen) atoms. The summed E-state index contributed by atoms with van der Waals surface area (Å²) in [5.74, 6) is -0.194. The minimum absolute atomic E-state index is 0.0656. The Morgan fingerprint density at radius 1 is 0.844 bits per heavy atom. The lowest BCUT2D eigenvalue weighted by Gasteiger charge is -2.34. The minimum atomic E-state index is -4.14. The highest BCUT2D eigenvalue weighted by atomic mass is 32.2. The van der Waals surface area contributed by atoms with E-state index in [-0.39, 0.29) is 23.8 Å². The Bertz CT molecular complexity index is 1650. The molecule has 0 heterocycles. The number of nitrogens with zero attached hydrogens (tertiary/aromatic N) is 2. The molecule has 0 unspecified atom stereocenters. The number of benzene rings is 4. The van der Waals surface area contributed by atoms with E-state index in [9.17, 15) is 18.0 Å². The average Bonchev–Trinajstić information content (AvgIpc) is 3.06. The van der Waals surface area contributed by atoms with Gasteiger partial charge in [-0.05, 0) is 60.9 Å². The number of hydrogen-bond acceptors (Lipinski definition) is 5. The first-order valence-corrected chi connectivity index (χ1v) is 16.6. The highest BCUT2D eigenvalue weighted by Gasteiger charge is 2.34. The molecule has 1 N–H and O–H groups in total. The molecule has 9 heteroatoms. The number of rotatable bonds is 15. The minimum Gasteiger partial charge on any atom is -0.497 e. The zero-order valence-corrected chi connectivity index (χ0v) is 26.9. The topological polar surface area (TPSA) is 96.0 Å². The first-order valence-electron chi connectivity index (χ1n) is 15.1. The molecule has 0 aromatic heterocycles. The maximum atomic E-state index is 14.5. The van der Waals surface area contributed by atoms with Gasteiger partial charge in [-0.15, -0.1) is 0 Å². The summed E-state index contributed by atoms with van der Waals surface area (Å²) in [6.07, 6.45) is 1.95. The van der Waals surface area contributed by atoms with E-state index in [1.165, 1.54) is 17.0 Å². The molecule has 0 fully saturated rings. The van der Waals surface area contributed by atoms with Crippen molar-refractivity contribution in [3.8, 4) is 5.75 Å². The maximum Gasteiger partial charge on any atom is 0.264 e. The number of ether oxygens (including phenoxy) is 1. The van der Waals surface area contributed by atoms with Gasteiger partial charge in [-0.25, -0.2) is 8.42 Å². The fraction of sp³-hybridized carbons (Fsp3) is 0.278. The highest BCUT2D eigenvalue weighted by molar-refractivity contribution is 7.92.